The van der Waals surface area contributed by atoms with Crippen LogP contribution in [0.4, 0.5) is 11.4 Å². The molecule has 2 N–H and O–H groups in total. The fourth-order valence-electron chi connectivity index (χ4n) is 3.07. The maximum absolute atomic E-state index is 13.1. The highest BCUT2D eigenvalue weighted by molar-refractivity contribution is 7.99. The molecule has 2 amide bonds. The number of hydrogen-bond donors (Lipinski definition) is 2. The van der Waals surface area contributed by atoms with Crippen LogP contribution < -0.4 is 16.2 Å². The van der Waals surface area contributed by atoms with Crippen LogP contribution in [0.25, 0.3) is 10.9 Å². The van der Waals surface area contributed by atoms with Crippen molar-refractivity contribution in [3.05, 3.63) is 57.8 Å². The van der Waals surface area contributed by atoms with E-state index in [2.05, 4.69) is 29.5 Å². The minimum atomic E-state index is -0.245. The molecule has 0 spiro atoms. The minimum absolute atomic E-state index is 0.0740. The molecule has 7 nitrogen and oxygen atoms in total. The number of nitrogens with one attached hydrogen (secondary N) is 2. The average molecular weight is 473 g/mol. The first-order chi connectivity index (χ1) is 15.2. The zero-order valence-corrected chi connectivity index (χ0v) is 19.7. The fourth-order valence-corrected chi connectivity index (χ4v) is 4.07. The van der Waals surface area contributed by atoms with E-state index < -0.39 is 0 Å². The molecule has 32 heavy (non-hydrogen) atoms. The lowest BCUT2D eigenvalue weighted by atomic mass is 10.1. The second kappa shape index (κ2) is 10.7. The van der Waals surface area contributed by atoms with Crippen molar-refractivity contribution in [3.63, 3.8) is 0 Å². The van der Waals surface area contributed by atoms with E-state index in [4.69, 9.17) is 11.6 Å². The molecule has 1 heterocycles. The predicted octanol–water partition coefficient (Wildman–Crippen LogP) is 4.79. The summed E-state index contributed by atoms with van der Waals surface area (Å²) in [6.07, 6.45) is 0.816. The Bertz CT molecular complexity index is 1210. The maximum Gasteiger partial charge on any atom is 0.262 e. The minimum Gasteiger partial charge on any atom is -0.326 e. The van der Waals surface area contributed by atoms with Gasteiger partial charge in [-0.3, -0.25) is 19.0 Å². The van der Waals surface area contributed by atoms with E-state index >= 15 is 0 Å². The quantitative estimate of drug-likeness (QED) is 0.363. The first-order valence-corrected chi connectivity index (χ1v) is 11.6. The summed E-state index contributed by atoms with van der Waals surface area (Å²) in [4.78, 5) is 41.5. The van der Waals surface area contributed by atoms with Gasteiger partial charge in [0.2, 0.25) is 11.8 Å². The fraction of sp³-hybridized carbons (Fsp3) is 0.304. The van der Waals surface area contributed by atoms with Crippen molar-refractivity contribution >= 4 is 57.5 Å². The van der Waals surface area contributed by atoms with Crippen LogP contribution >= 0.6 is 23.4 Å². The molecule has 3 rings (SSSR count). The molecule has 0 atom stereocenters. The molecule has 9 heteroatoms. The molecule has 1 aromatic heterocycles. The number of benzene rings is 2. The Morgan fingerprint density at radius 1 is 1.12 bits per heavy atom. The van der Waals surface area contributed by atoms with Crippen LogP contribution in [-0.2, 0) is 16.1 Å². The molecular formula is C23H25ClN4O3S. The van der Waals surface area contributed by atoms with Gasteiger partial charge >= 0.3 is 0 Å². The predicted molar refractivity (Wildman–Crippen MR) is 131 cm³/mol. The average Bonchev–Trinajstić information content (AvgIpc) is 2.71. The molecule has 168 valence electrons. The van der Waals surface area contributed by atoms with E-state index in [1.54, 1.807) is 47.0 Å². The lowest BCUT2D eigenvalue weighted by molar-refractivity contribution is -0.114. The number of carbonyl (C=O) groups excluding carboxylic acids is 2. The Morgan fingerprint density at radius 3 is 2.53 bits per heavy atom. The Morgan fingerprint density at radius 2 is 1.84 bits per heavy atom. The zero-order chi connectivity index (χ0) is 23.3. The molecule has 0 saturated carbocycles. The highest BCUT2D eigenvalue weighted by Gasteiger charge is 2.14. The van der Waals surface area contributed by atoms with Crippen LogP contribution in [0, 0.1) is 5.92 Å². The largest absolute Gasteiger partial charge is 0.326 e. The van der Waals surface area contributed by atoms with Crippen LogP contribution in [0.5, 0.6) is 0 Å². The van der Waals surface area contributed by atoms with Gasteiger partial charge in [0.25, 0.3) is 5.56 Å². The SMILES string of the molecule is CC(=O)Nc1cccc(NC(=O)CSc2nc3cc(Cl)ccc3c(=O)n2CCC(C)C)c1. The number of rotatable bonds is 8. The smallest absolute Gasteiger partial charge is 0.262 e. The highest BCUT2D eigenvalue weighted by atomic mass is 35.5. The van der Waals surface area contributed by atoms with Crippen molar-refractivity contribution < 1.29 is 9.59 Å². The molecule has 0 unspecified atom stereocenters. The summed E-state index contributed by atoms with van der Waals surface area (Å²) in [5.41, 5.74) is 1.53. The molecule has 0 saturated heterocycles. The van der Waals surface area contributed by atoms with Crippen molar-refractivity contribution in [2.45, 2.75) is 38.9 Å². The molecule has 0 aliphatic rings. The van der Waals surface area contributed by atoms with Gasteiger partial charge in [-0.1, -0.05) is 43.3 Å². The van der Waals surface area contributed by atoms with Gasteiger partial charge in [0.1, 0.15) is 0 Å². The number of anilines is 2. The summed E-state index contributed by atoms with van der Waals surface area (Å²) in [5, 5.41) is 6.97. The summed E-state index contributed by atoms with van der Waals surface area (Å²) in [7, 11) is 0. The molecule has 0 radical (unpaired) electrons. The lowest BCUT2D eigenvalue weighted by Crippen LogP contribution is -2.25. The van der Waals surface area contributed by atoms with Crippen molar-refractivity contribution in [2.75, 3.05) is 16.4 Å². The Hall–Kier alpha value is -2.84. The molecule has 0 aliphatic carbocycles. The van der Waals surface area contributed by atoms with Gasteiger partial charge in [-0.05, 0) is 48.7 Å². The number of amides is 2. The van der Waals surface area contributed by atoms with Crippen molar-refractivity contribution in [3.8, 4) is 0 Å². The van der Waals surface area contributed by atoms with E-state index in [9.17, 15) is 14.4 Å². The topological polar surface area (TPSA) is 93.1 Å². The highest BCUT2D eigenvalue weighted by Crippen LogP contribution is 2.22. The van der Waals surface area contributed by atoms with Crippen LogP contribution in [0.2, 0.25) is 5.02 Å². The van der Waals surface area contributed by atoms with Gasteiger partial charge in [0.05, 0.1) is 16.7 Å². The third-order valence-corrected chi connectivity index (χ3v) is 5.82. The Balaban J connectivity index is 1.79. The van der Waals surface area contributed by atoms with Gasteiger partial charge < -0.3 is 10.6 Å². The third-order valence-electron chi connectivity index (χ3n) is 4.61. The van der Waals surface area contributed by atoms with E-state index in [1.807, 2.05) is 0 Å². The van der Waals surface area contributed by atoms with E-state index in [0.717, 1.165) is 6.42 Å². The van der Waals surface area contributed by atoms with Crippen molar-refractivity contribution in [1.29, 1.82) is 0 Å². The second-order valence-electron chi connectivity index (χ2n) is 7.79. The number of hydrogen-bond acceptors (Lipinski definition) is 5. The van der Waals surface area contributed by atoms with Gasteiger partial charge in [0.15, 0.2) is 5.16 Å². The maximum atomic E-state index is 13.1. The summed E-state index contributed by atoms with van der Waals surface area (Å²) in [5.74, 6) is 0.0569. The van der Waals surface area contributed by atoms with E-state index in [1.165, 1.54) is 18.7 Å². The number of fused-ring (bicyclic) bond motifs is 1. The normalized spacial score (nSPS) is 11.0. The van der Waals surface area contributed by atoms with Crippen molar-refractivity contribution in [1.82, 2.24) is 9.55 Å². The van der Waals surface area contributed by atoms with Gasteiger partial charge in [-0.2, -0.15) is 0 Å². The first-order valence-electron chi connectivity index (χ1n) is 10.2. The second-order valence-corrected chi connectivity index (χ2v) is 9.17. The summed E-state index contributed by atoms with van der Waals surface area (Å²) in [6, 6.07) is 11.9. The number of carbonyl (C=O) groups is 2. The summed E-state index contributed by atoms with van der Waals surface area (Å²) >= 11 is 7.28. The van der Waals surface area contributed by atoms with Crippen LogP contribution in [0.3, 0.4) is 0 Å². The summed E-state index contributed by atoms with van der Waals surface area (Å²) < 4.78 is 1.63. The molecule has 0 fully saturated rings. The van der Waals surface area contributed by atoms with Crippen LogP contribution in [0.15, 0.2) is 52.4 Å². The first kappa shape index (κ1) is 23.8. The van der Waals surface area contributed by atoms with Crippen LogP contribution in [-0.4, -0.2) is 27.1 Å². The standard InChI is InChI=1S/C23H25ClN4O3S/c1-14(2)9-10-28-22(31)19-8-7-16(24)11-20(19)27-23(28)32-13-21(30)26-18-6-4-5-17(12-18)25-15(3)29/h4-8,11-12,14H,9-10,13H2,1-3H3,(H,25,29)(H,26,30). The number of thioether (sulfide) groups is 1. The van der Waals surface area contributed by atoms with E-state index in [0.29, 0.717) is 44.9 Å². The Labute approximate surface area is 195 Å². The molecule has 2 aromatic carbocycles. The van der Waals surface area contributed by atoms with Crippen LogP contribution in [0.1, 0.15) is 27.2 Å². The monoisotopic (exact) mass is 472 g/mol. The van der Waals surface area contributed by atoms with E-state index in [-0.39, 0.29) is 23.1 Å². The third kappa shape index (κ3) is 6.34. The summed E-state index contributed by atoms with van der Waals surface area (Å²) in [6.45, 7) is 6.12. The van der Waals surface area contributed by atoms with Gasteiger partial charge in [-0.25, -0.2) is 4.98 Å². The zero-order valence-electron chi connectivity index (χ0n) is 18.1. The molecular weight excluding hydrogens is 448 g/mol. The lowest BCUT2D eigenvalue weighted by Gasteiger charge is -2.14. The number of nitrogens with zero attached hydrogens (tertiary/aromatic N) is 2. The molecule has 0 bridgehead atoms. The number of aromatic nitrogens is 2. The van der Waals surface area contributed by atoms with Crippen molar-refractivity contribution in [2.24, 2.45) is 5.92 Å². The number of halogens is 1. The molecule has 3 aromatic rings. The molecule has 0 aliphatic heterocycles. The van der Waals surface area contributed by atoms with Gasteiger partial charge in [-0.15, -0.1) is 0 Å². The van der Waals surface area contributed by atoms with Gasteiger partial charge in [0, 0.05) is 29.9 Å². The Kier molecular flexibility index (Phi) is 7.93.